The van der Waals surface area contributed by atoms with Crippen LogP contribution in [-0.2, 0) is 14.3 Å². The summed E-state index contributed by atoms with van der Waals surface area (Å²) in [6.07, 6.45) is 3.02. The quantitative estimate of drug-likeness (QED) is 0.471. The average molecular weight is 153 g/mol. The first-order valence-electron chi connectivity index (χ1n) is 3.43. The number of carbonyl (C=O) groups excluding carboxylic acids is 2. The molecule has 0 aromatic heterocycles. The highest BCUT2D eigenvalue weighted by atomic mass is 16.5. The molecule has 0 aromatic carbocycles. The number of rotatable bonds is 0. The fourth-order valence-electron chi connectivity index (χ4n) is 1.36. The molecule has 2 heterocycles. The van der Waals surface area contributed by atoms with Gasteiger partial charge in [-0.25, -0.2) is 0 Å². The molecule has 1 atom stereocenters. The molecule has 4 heteroatoms. The van der Waals surface area contributed by atoms with E-state index in [1.54, 1.807) is 0 Å². The van der Waals surface area contributed by atoms with Crippen molar-refractivity contribution >= 4 is 11.7 Å². The molecule has 0 aliphatic carbocycles. The number of hydrogen-bond acceptors (Lipinski definition) is 3. The third-order valence-electron chi connectivity index (χ3n) is 2.02. The van der Waals surface area contributed by atoms with E-state index in [0.717, 1.165) is 0 Å². The van der Waals surface area contributed by atoms with E-state index >= 15 is 0 Å². The molecule has 58 valence electrons. The van der Waals surface area contributed by atoms with Crippen LogP contribution in [0.5, 0.6) is 0 Å². The number of amides is 1. The lowest BCUT2D eigenvalue weighted by Gasteiger charge is -2.16. The van der Waals surface area contributed by atoms with Gasteiger partial charge in [-0.2, -0.15) is 0 Å². The molecule has 0 saturated carbocycles. The van der Waals surface area contributed by atoms with Crippen LogP contribution in [0.25, 0.3) is 0 Å². The normalized spacial score (nSPS) is 34.5. The van der Waals surface area contributed by atoms with Gasteiger partial charge in [-0.3, -0.25) is 9.59 Å². The van der Waals surface area contributed by atoms with E-state index in [1.165, 1.54) is 12.3 Å². The van der Waals surface area contributed by atoms with Gasteiger partial charge >= 0.3 is 0 Å². The zero-order valence-corrected chi connectivity index (χ0v) is 5.79. The summed E-state index contributed by atoms with van der Waals surface area (Å²) >= 11 is 0. The molecule has 11 heavy (non-hydrogen) atoms. The Morgan fingerprint density at radius 1 is 1.55 bits per heavy atom. The van der Waals surface area contributed by atoms with Gasteiger partial charge in [0, 0.05) is 19.0 Å². The minimum atomic E-state index is -1.19. The molecule has 1 N–H and O–H groups in total. The van der Waals surface area contributed by atoms with Crippen LogP contribution in [0, 0.1) is 0 Å². The molecular weight excluding hydrogens is 146 g/mol. The fraction of sp³-hybridized carbons (Fsp3) is 0.429. The third-order valence-corrected chi connectivity index (χ3v) is 2.02. The van der Waals surface area contributed by atoms with Crippen LogP contribution in [0.2, 0.25) is 0 Å². The topological polar surface area (TPSA) is 55.4 Å². The maximum Gasteiger partial charge on any atom is 0.272 e. The minimum absolute atomic E-state index is 0.243. The van der Waals surface area contributed by atoms with Crippen molar-refractivity contribution in [2.45, 2.75) is 12.0 Å². The lowest BCUT2D eigenvalue weighted by molar-refractivity contribution is -0.143. The molecule has 2 aliphatic heterocycles. The fourth-order valence-corrected chi connectivity index (χ4v) is 1.36. The number of carbonyl (C=O) groups is 2. The van der Waals surface area contributed by atoms with E-state index < -0.39 is 5.60 Å². The number of ketones is 1. The maximum absolute atomic E-state index is 11.1. The minimum Gasteiger partial charge on any atom is -0.477 e. The summed E-state index contributed by atoms with van der Waals surface area (Å²) < 4.78 is 4.98. The van der Waals surface area contributed by atoms with Crippen molar-refractivity contribution in [2.75, 3.05) is 6.54 Å². The largest absolute Gasteiger partial charge is 0.477 e. The molecule has 1 spiro atoms. The van der Waals surface area contributed by atoms with Gasteiger partial charge in [-0.05, 0) is 0 Å². The standard InChI is InChI=1S/C7H7NO3/c9-5-1-4-11-7(5)2-3-8-6(7)10/h1,4H,2-3H2,(H,8,10). The first-order chi connectivity index (χ1) is 5.26. The molecule has 0 bridgehead atoms. The van der Waals surface area contributed by atoms with Crippen molar-refractivity contribution in [1.29, 1.82) is 0 Å². The highest BCUT2D eigenvalue weighted by molar-refractivity contribution is 6.16. The summed E-state index contributed by atoms with van der Waals surface area (Å²) in [6.45, 7) is 0.520. The van der Waals surface area contributed by atoms with Crippen LogP contribution in [0.4, 0.5) is 0 Å². The summed E-state index contributed by atoms with van der Waals surface area (Å²) in [4.78, 5) is 22.2. The maximum atomic E-state index is 11.1. The molecule has 1 unspecified atom stereocenters. The zero-order chi connectivity index (χ0) is 7.90. The summed E-state index contributed by atoms with van der Waals surface area (Å²) in [7, 11) is 0. The second-order valence-corrected chi connectivity index (χ2v) is 2.62. The van der Waals surface area contributed by atoms with Crippen LogP contribution in [-0.4, -0.2) is 23.8 Å². The predicted octanol–water partition coefficient (Wildman–Crippen LogP) is -0.642. The van der Waals surface area contributed by atoms with E-state index in [-0.39, 0.29) is 11.7 Å². The van der Waals surface area contributed by atoms with Gasteiger partial charge in [-0.15, -0.1) is 0 Å². The lowest BCUT2D eigenvalue weighted by atomic mass is 9.98. The highest BCUT2D eigenvalue weighted by Gasteiger charge is 2.51. The van der Waals surface area contributed by atoms with Crippen LogP contribution < -0.4 is 5.32 Å². The van der Waals surface area contributed by atoms with Gasteiger partial charge in [0.2, 0.25) is 11.4 Å². The van der Waals surface area contributed by atoms with E-state index in [2.05, 4.69) is 5.32 Å². The van der Waals surface area contributed by atoms with Crippen molar-refractivity contribution in [1.82, 2.24) is 5.32 Å². The van der Waals surface area contributed by atoms with Crippen molar-refractivity contribution in [3.05, 3.63) is 12.3 Å². The van der Waals surface area contributed by atoms with Crippen molar-refractivity contribution < 1.29 is 14.3 Å². The van der Waals surface area contributed by atoms with Crippen LogP contribution in [0.1, 0.15) is 6.42 Å². The Morgan fingerprint density at radius 3 is 2.82 bits per heavy atom. The van der Waals surface area contributed by atoms with E-state index in [1.807, 2.05) is 0 Å². The van der Waals surface area contributed by atoms with Gasteiger partial charge in [0.05, 0.1) is 6.26 Å². The van der Waals surface area contributed by atoms with Gasteiger partial charge in [0.1, 0.15) is 0 Å². The summed E-state index contributed by atoms with van der Waals surface area (Å²) in [5, 5.41) is 2.56. The second-order valence-electron chi connectivity index (χ2n) is 2.62. The molecule has 4 nitrogen and oxygen atoms in total. The second kappa shape index (κ2) is 1.84. The number of hydrogen-bond donors (Lipinski definition) is 1. The lowest BCUT2D eigenvalue weighted by Crippen LogP contribution is -2.43. The van der Waals surface area contributed by atoms with Crippen LogP contribution in [0.3, 0.4) is 0 Å². The Kier molecular flexibility index (Phi) is 1.07. The van der Waals surface area contributed by atoms with Crippen molar-refractivity contribution in [2.24, 2.45) is 0 Å². The summed E-state index contributed by atoms with van der Waals surface area (Å²) in [5.41, 5.74) is -1.19. The predicted molar refractivity (Wildman–Crippen MR) is 35.6 cm³/mol. The Hall–Kier alpha value is -1.32. The summed E-state index contributed by atoms with van der Waals surface area (Å²) in [6, 6.07) is 0. The van der Waals surface area contributed by atoms with Gasteiger partial charge in [-0.1, -0.05) is 0 Å². The van der Waals surface area contributed by atoms with Gasteiger partial charge < -0.3 is 10.1 Å². The SMILES string of the molecule is O=C1C=COC12CCNC2=O. The first-order valence-corrected chi connectivity index (χ1v) is 3.43. The smallest absolute Gasteiger partial charge is 0.272 e. The Labute approximate surface area is 63.2 Å². The molecule has 2 rings (SSSR count). The molecular formula is C7H7NO3. The van der Waals surface area contributed by atoms with Crippen molar-refractivity contribution in [3.63, 3.8) is 0 Å². The summed E-state index contributed by atoms with van der Waals surface area (Å²) in [5.74, 6) is -0.556. The number of ether oxygens (including phenoxy) is 1. The molecule has 1 fully saturated rings. The molecule has 0 aromatic rings. The van der Waals surface area contributed by atoms with Crippen LogP contribution >= 0.6 is 0 Å². The zero-order valence-electron chi connectivity index (χ0n) is 5.79. The molecule has 1 saturated heterocycles. The molecule has 1 amide bonds. The van der Waals surface area contributed by atoms with E-state index in [0.29, 0.717) is 13.0 Å². The van der Waals surface area contributed by atoms with Gasteiger partial charge in [0.25, 0.3) is 5.91 Å². The Bertz CT molecular complexity index is 258. The monoisotopic (exact) mass is 153 g/mol. The van der Waals surface area contributed by atoms with Crippen molar-refractivity contribution in [3.8, 4) is 0 Å². The number of nitrogens with one attached hydrogen (secondary N) is 1. The average Bonchev–Trinajstić information content (AvgIpc) is 2.48. The first kappa shape index (κ1) is 6.39. The Morgan fingerprint density at radius 2 is 2.36 bits per heavy atom. The van der Waals surface area contributed by atoms with E-state index in [4.69, 9.17) is 4.74 Å². The Balaban J connectivity index is 2.36. The third kappa shape index (κ3) is 0.636. The van der Waals surface area contributed by atoms with Gasteiger partial charge in [0.15, 0.2) is 0 Å². The molecule has 2 aliphatic rings. The molecule has 0 radical (unpaired) electrons. The van der Waals surface area contributed by atoms with E-state index in [9.17, 15) is 9.59 Å². The highest BCUT2D eigenvalue weighted by Crippen LogP contribution is 2.27. The van der Waals surface area contributed by atoms with Crippen LogP contribution in [0.15, 0.2) is 12.3 Å².